The first-order chi connectivity index (χ1) is 13.4. The van der Waals surface area contributed by atoms with Gasteiger partial charge in [-0.05, 0) is 18.6 Å². The third-order valence-corrected chi connectivity index (χ3v) is 6.12. The Morgan fingerprint density at radius 2 is 1.43 bits per heavy atom. The molecule has 1 aromatic carbocycles. The number of carboxylic acids is 1. The number of carboxylic acid groups (broad SMARTS) is 1. The first-order valence-corrected chi connectivity index (χ1v) is 11.7. The number of benzene rings is 1. The molecule has 0 N–H and O–H groups in total. The molecule has 0 spiro atoms. The summed E-state index contributed by atoms with van der Waals surface area (Å²) in [5.74, 6) is -3.64. The van der Waals surface area contributed by atoms with Gasteiger partial charge in [0.2, 0.25) is 0 Å². The lowest BCUT2D eigenvalue weighted by atomic mass is 10.1. The van der Waals surface area contributed by atoms with E-state index in [-0.39, 0.29) is 17.1 Å². The molecule has 0 bridgehead atoms. The maximum absolute atomic E-state index is 12.2. The zero-order chi connectivity index (χ0) is 20.8. The summed E-state index contributed by atoms with van der Waals surface area (Å²) in [5.41, 5.74) is -0.143. The highest BCUT2D eigenvalue weighted by Gasteiger charge is 2.23. The molecule has 158 valence electrons. The Hall–Kier alpha value is -1.89. The van der Waals surface area contributed by atoms with Crippen molar-refractivity contribution in [2.75, 3.05) is 12.4 Å². The molecule has 0 aliphatic rings. The van der Waals surface area contributed by atoms with Crippen LogP contribution in [0.5, 0.6) is 0 Å². The molecule has 0 saturated heterocycles. The van der Waals surface area contributed by atoms with Gasteiger partial charge in [-0.2, -0.15) is 0 Å². The molecule has 6 nitrogen and oxygen atoms in total. The molecular formula is C21H31O6S-. The molecule has 0 aliphatic heterocycles. The fourth-order valence-corrected chi connectivity index (χ4v) is 4.21. The Morgan fingerprint density at radius 3 is 2.00 bits per heavy atom. The van der Waals surface area contributed by atoms with E-state index in [9.17, 15) is 23.1 Å². The summed E-state index contributed by atoms with van der Waals surface area (Å²) in [5, 5.41) is 10.6. The number of esters is 1. The van der Waals surface area contributed by atoms with Crippen molar-refractivity contribution in [3.8, 4) is 0 Å². The summed E-state index contributed by atoms with van der Waals surface area (Å²) in [6.45, 7) is 2.42. The van der Waals surface area contributed by atoms with E-state index in [1.54, 1.807) is 0 Å². The quantitative estimate of drug-likeness (QED) is 0.324. The number of hydrogen-bond acceptors (Lipinski definition) is 6. The second kappa shape index (κ2) is 13.3. The number of ether oxygens (including phenoxy) is 1. The zero-order valence-electron chi connectivity index (χ0n) is 16.7. The number of carbonyl (C=O) groups excluding carboxylic acids is 2. The lowest BCUT2D eigenvalue weighted by Gasteiger charge is -2.11. The van der Waals surface area contributed by atoms with E-state index in [1.807, 2.05) is 0 Å². The van der Waals surface area contributed by atoms with Crippen LogP contribution in [0.25, 0.3) is 0 Å². The van der Waals surface area contributed by atoms with E-state index in [4.69, 9.17) is 4.74 Å². The predicted molar refractivity (Wildman–Crippen MR) is 106 cm³/mol. The molecule has 0 saturated carbocycles. The van der Waals surface area contributed by atoms with Crippen LogP contribution in [0.2, 0.25) is 0 Å². The monoisotopic (exact) mass is 411 g/mol. The normalized spacial score (nSPS) is 11.3. The maximum atomic E-state index is 12.2. The van der Waals surface area contributed by atoms with Gasteiger partial charge in [0.15, 0.2) is 9.84 Å². The third kappa shape index (κ3) is 9.35. The van der Waals surface area contributed by atoms with Gasteiger partial charge in [-0.15, -0.1) is 0 Å². The molecular weight excluding hydrogens is 380 g/mol. The Labute approximate surface area is 168 Å². The zero-order valence-corrected chi connectivity index (χ0v) is 17.5. The van der Waals surface area contributed by atoms with Crippen LogP contribution in [0.4, 0.5) is 0 Å². The number of aliphatic carboxylic acids is 1. The van der Waals surface area contributed by atoms with Crippen LogP contribution in [0.3, 0.4) is 0 Å². The molecule has 1 aromatic rings. The predicted octanol–water partition coefficient (Wildman–Crippen LogP) is 3.29. The maximum Gasteiger partial charge on any atom is 0.339 e. The Bertz CT molecular complexity index is 711. The molecule has 28 heavy (non-hydrogen) atoms. The van der Waals surface area contributed by atoms with Crippen LogP contribution in [0, 0.1) is 0 Å². The highest BCUT2D eigenvalue weighted by Crippen LogP contribution is 2.18. The molecule has 0 amide bonds. The van der Waals surface area contributed by atoms with E-state index in [2.05, 4.69) is 6.92 Å². The average molecular weight is 412 g/mol. The summed E-state index contributed by atoms with van der Waals surface area (Å²) >= 11 is 0. The molecule has 0 aromatic heterocycles. The lowest BCUT2D eigenvalue weighted by molar-refractivity contribution is -0.301. The average Bonchev–Trinajstić information content (AvgIpc) is 2.65. The van der Waals surface area contributed by atoms with Crippen LogP contribution in [0.1, 0.15) is 81.5 Å². The number of sulfone groups is 1. The second-order valence-corrected chi connectivity index (χ2v) is 8.90. The molecule has 0 radical (unpaired) electrons. The molecule has 0 unspecified atom stereocenters. The molecule has 0 fully saturated rings. The van der Waals surface area contributed by atoms with E-state index in [0.717, 1.165) is 19.3 Å². The first-order valence-electron chi connectivity index (χ1n) is 10.1. The van der Waals surface area contributed by atoms with Crippen LogP contribution < -0.4 is 5.11 Å². The minimum atomic E-state index is -4.15. The molecule has 0 atom stereocenters. The molecule has 0 aliphatic carbocycles. The lowest BCUT2D eigenvalue weighted by Crippen LogP contribution is -2.31. The van der Waals surface area contributed by atoms with E-state index in [0.29, 0.717) is 0 Å². The fourth-order valence-electron chi connectivity index (χ4n) is 2.97. The van der Waals surface area contributed by atoms with Crippen LogP contribution in [0.15, 0.2) is 29.2 Å². The van der Waals surface area contributed by atoms with Crippen LogP contribution in [-0.4, -0.2) is 32.7 Å². The Morgan fingerprint density at radius 1 is 0.893 bits per heavy atom. The van der Waals surface area contributed by atoms with E-state index < -0.39 is 27.5 Å². The summed E-state index contributed by atoms with van der Waals surface area (Å²) in [4.78, 5) is 22.5. The summed E-state index contributed by atoms with van der Waals surface area (Å²) in [7, 11) is -4.15. The topological polar surface area (TPSA) is 101 Å². The van der Waals surface area contributed by atoms with Crippen molar-refractivity contribution in [2.24, 2.45) is 0 Å². The van der Waals surface area contributed by atoms with Crippen LogP contribution in [-0.2, 0) is 19.4 Å². The third-order valence-electron chi connectivity index (χ3n) is 4.48. The summed E-state index contributed by atoms with van der Waals surface area (Å²) < 4.78 is 29.4. The SMILES string of the molecule is CCCCCCCCCCCCOC(=O)c1ccccc1S(=O)(=O)CC(=O)[O-]. The van der Waals surface area contributed by atoms with Gasteiger partial charge in [0.1, 0.15) is 0 Å². The molecule has 7 heteroatoms. The summed E-state index contributed by atoms with van der Waals surface area (Å²) in [6.07, 6.45) is 11.6. The molecule has 1 rings (SSSR count). The number of carbonyl (C=O) groups is 2. The largest absolute Gasteiger partial charge is 0.549 e. The standard InChI is InChI=1S/C21H32O6S/c1-2-3-4-5-6-7-8-9-10-13-16-27-21(24)18-14-11-12-15-19(18)28(25,26)17-20(22)23/h11-12,14-15H,2-10,13,16-17H2,1H3,(H,22,23)/p-1. The van der Waals surface area contributed by atoms with Gasteiger partial charge in [-0.25, -0.2) is 13.2 Å². The van der Waals surface area contributed by atoms with Gasteiger partial charge < -0.3 is 14.6 Å². The van der Waals surface area contributed by atoms with Crippen molar-refractivity contribution in [2.45, 2.75) is 76.0 Å². The van der Waals surface area contributed by atoms with Crippen molar-refractivity contribution >= 4 is 21.8 Å². The fraction of sp³-hybridized carbons (Fsp3) is 0.619. The minimum Gasteiger partial charge on any atom is -0.549 e. The van der Waals surface area contributed by atoms with Gasteiger partial charge in [0, 0.05) is 0 Å². The number of unbranched alkanes of at least 4 members (excludes halogenated alkanes) is 9. The number of hydrogen-bond donors (Lipinski definition) is 0. The smallest absolute Gasteiger partial charge is 0.339 e. The van der Waals surface area contributed by atoms with Gasteiger partial charge >= 0.3 is 5.97 Å². The van der Waals surface area contributed by atoms with Crippen molar-refractivity contribution < 1.29 is 27.9 Å². The highest BCUT2D eigenvalue weighted by atomic mass is 32.2. The summed E-state index contributed by atoms with van der Waals surface area (Å²) in [6, 6.07) is 5.47. The van der Waals surface area contributed by atoms with Gasteiger partial charge in [0.05, 0.1) is 28.8 Å². The first kappa shape index (κ1) is 24.1. The van der Waals surface area contributed by atoms with E-state index in [1.165, 1.54) is 69.2 Å². The van der Waals surface area contributed by atoms with Crippen molar-refractivity contribution in [1.29, 1.82) is 0 Å². The Balaban J connectivity index is 2.34. The molecule has 0 heterocycles. The Kier molecular flexibility index (Phi) is 11.5. The van der Waals surface area contributed by atoms with Gasteiger partial charge in [-0.3, -0.25) is 0 Å². The minimum absolute atomic E-state index is 0.143. The number of rotatable bonds is 15. The van der Waals surface area contributed by atoms with Crippen LogP contribution >= 0.6 is 0 Å². The van der Waals surface area contributed by atoms with Gasteiger partial charge in [0.25, 0.3) is 0 Å². The highest BCUT2D eigenvalue weighted by molar-refractivity contribution is 7.92. The van der Waals surface area contributed by atoms with Crippen molar-refractivity contribution in [3.05, 3.63) is 29.8 Å². The van der Waals surface area contributed by atoms with Crippen molar-refractivity contribution in [3.63, 3.8) is 0 Å². The van der Waals surface area contributed by atoms with Crippen molar-refractivity contribution in [1.82, 2.24) is 0 Å². The van der Waals surface area contributed by atoms with E-state index >= 15 is 0 Å². The van der Waals surface area contributed by atoms with Gasteiger partial charge in [-0.1, -0.05) is 76.8 Å². The second-order valence-electron chi connectivity index (χ2n) is 6.95.